The van der Waals surface area contributed by atoms with Gasteiger partial charge in [-0.3, -0.25) is 4.79 Å². The monoisotopic (exact) mass is 365 g/mol. The summed E-state index contributed by atoms with van der Waals surface area (Å²) in [6.45, 7) is 3.79. The SMILES string of the molecule is Cc1ccc(-c2nnn(CC(=O)NCCCOCc3ccccc3)n2)cc1. The summed E-state index contributed by atoms with van der Waals surface area (Å²) < 4.78 is 5.59. The number of aromatic nitrogens is 4. The van der Waals surface area contributed by atoms with E-state index in [0.29, 0.717) is 25.6 Å². The van der Waals surface area contributed by atoms with Gasteiger partial charge in [0.1, 0.15) is 6.54 Å². The van der Waals surface area contributed by atoms with Crippen LogP contribution in [0.3, 0.4) is 0 Å². The van der Waals surface area contributed by atoms with Gasteiger partial charge >= 0.3 is 0 Å². The van der Waals surface area contributed by atoms with Crippen LogP contribution in [0.15, 0.2) is 54.6 Å². The number of nitrogens with zero attached hydrogens (tertiary/aromatic N) is 4. The second-order valence-corrected chi connectivity index (χ2v) is 6.25. The first-order valence-electron chi connectivity index (χ1n) is 8.94. The maximum Gasteiger partial charge on any atom is 0.243 e. The Labute approximate surface area is 158 Å². The molecule has 0 atom stereocenters. The number of carbonyl (C=O) groups is 1. The van der Waals surface area contributed by atoms with Crippen LogP contribution in [0.4, 0.5) is 0 Å². The number of hydrogen-bond donors (Lipinski definition) is 1. The lowest BCUT2D eigenvalue weighted by atomic mass is 10.1. The molecular formula is C20H23N5O2. The fraction of sp³-hybridized carbons (Fsp3) is 0.300. The number of carbonyl (C=O) groups excluding carboxylic acids is 1. The summed E-state index contributed by atoms with van der Waals surface area (Å²) in [7, 11) is 0. The maximum absolute atomic E-state index is 12.0. The predicted octanol–water partition coefficient (Wildman–Crippen LogP) is 2.37. The molecule has 0 unspecified atom stereocenters. The van der Waals surface area contributed by atoms with Gasteiger partial charge < -0.3 is 10.1 Å². The van der Waals surface area contributed by atoms with E-state index in [1.54, 1.807) is 0 Å². The topological polar surface area (TPSA) is 81.9 Å². The van der Waals surface area contributed by atoms with E-state index >= 15 is 0 Å². The number of rotatable bonds is 9. The second kappa shape index (κ2) is 9.59. The lowest BCUT2D eigenvalue weighted by molar-refractivity contribution is -0.122. The van der Waals surface area contributed by atoms with E-state index in [-0.39, 0.29) is 12.5 Å². The molecule has 7 heteroatoms. The molecular weight excluding hydrogens is 342 g/mol. The highest BCUT2D eigenvalue weighted by atomic mass is 16.5. The average molecular weight is 365 g/mol. The lowest BCUT2D eigenvalue weighted by Crippen LogP contribution is -2.29. The van der Waals surface area contributed by atoms with E-state index < -0.39 is 0 Å². The van der Waals surface area contributed by atoms with Crippen molar-refractivity contribution in [2.45, 2.75) is 26.5 Å². The van der Waals surface area contributed by atoms with Crippen LogP contribution in [0, 0.1) is 6.92 Å². The van der Waals surface area contributed by atoms with Crippen LogP contribution < -0.4 is 5.32 Å². The van der Waals surface area contributed by atoms with Crippen LogP contribution >= 0.6 is 0 Å². The summed E-state index contributed by atoms with van der Waals surface area (Å²) in [5.74, 6) is 0.364. The van der Waals surface area contributed by atoms with E-state index in [2.05, 4.69) is 20.7 Å². The van der Waals surface area contributed by atoms with Gasteiger partial charge in [-0.25, -0.2) is 0 Å². The minimum Gasteiger partial charge on any atom is -0.377 e. The molecule has 0 radical (unpaired) electrons. The van der Waals surface area contributed by atoms with Crippen molar-refractivity contribution in [2.24, 2.45) is 0 Å². The minimum atomic E-state index is -0.147. The minimum absolute atomic E-state index is 0.0454. The molecule has 1 amide bonds. The van der Waals surface area contributed by atoms with Gasteiger partial charge in [0, 0.05) is 18.7 Å². The molecule has 0 aliphatic carbocycles. The number of hydrogen-bond acceptors (Lipinski definition) is 5. The average Bonchev–Trinajstić information content (AvgIpc) is 3.14. The van der Waals surface area contributed by atoms with Gasteiger partial charge in [-0.05, 0) is 24.1 Å². The first-order valence-corrected chi connectivity index (χ1v) is 8.94. The van der Waals surface area contributed by atoms with Crippen LogP contribution in [-0.4, -0.2) is 39.3 Å². The summed E-state index contributed by atoms with van der Waals surface area (Å²) in [6.07, 6.45) is 0.748. The van der Waals surface area contributed by atoms with Crippen molar-refractivity contribution >= 4 is 5.91 Å². The zero-order valence-corrected chi connectivity index (χ0v) is 15.3. The third-order valence-electron chi connectivity index (χ3n) is 3.95. The van der Waals surface area contributed by atoms with Gasteiger partial charge in [-0.1, -0.05) is 60.2 Å². The molecule has 0 saturated heterocycles. The van der Waals surface area contributed by atoms with Crippen molar-refractivity contribution in [3.8, 4) is 11.4 Å². The number of amides is 1. The third kappa shape index (κ3) is 6.00. The molecule has 0 fully saturated rings. The highest BCUT2D eigenvalue weighted by Gasteiger charge is 2.08. The summed E-state index contributed by atoms with van der Waals surface area (Å²) >= 11 is 0. The quantitative estimate of drug-likeness (QED) is 0.589. The third-order valence-corrected chi connectivity index (χ3v) is 3.95. The lowest BCUT2D eigenvalue weighted by Gasteiger charge is -2.06. The summed E-state index contributed by atoms with van der Waals surface area (Å²) in [6, 6.07) is 17.9. The number of benzene rings is 2. The normalized spacial score (nSPS) is 10.7. The van der Waals surface area contributed by atoms with Crippen molar-refractivity contribution < 1.29 is 9.53 Å². The van der Waals surface area contributed by atoms with E-state index in [9.17, 15) is 4.79 Å². The molecule has 140 valence electrons. The zero-order chi connectivity index (χ0) is 18.9. The molecule has 0 spiro atoms. The number of tetrazole rings is 1. The number of ether oxygens (including phenoxy) is 1. The summed E-state index contributed by atoms with van der Waals surface area (Å²) in [5.41, 5.74) is 3.18. The molecule has 0 saturated carbocycles. The molecule has 0 bridgehead atoms. The molecule has 0 aliphatic heterocycles. The maximum atomic E-state index is 12.0. The van der Waals surface area contributed by atoms with Crippen molar-refractivity contribution in [3.63, 3.8) is 0 Å². The smallest absolute Gasteiger partial charge is 0.243 e. The Morgan fingerprint density at radius 2 is 1.89 bits per heavy atom. The first-order chi connectivity index (χ1) is 13.2. The first kappa shape index (κ1) is 18.7. The van der Waals surface area contributed by atoms with Gasteiger partial charge in [0.2, 0.25) is 11.7 Å². The molecule has 3 rings (SSSR count). The Bertz CT molecular complexity index is 846. The van der Waals surface area contributed by atoms with E-state index in [4.69, 9.17) is 4.74 Å². The second-order valence-electron chi connectivity index (χ2n) is 6.25. The van der Waals surface area contributed by atoms with E-state index in [0.717, 1.165) is 17.5 Å². The Balaban J connectivity index is 1.34. The van der Waals surface area contributed by atoms with Gasteiger partial charge in [-0.15, -0.1) is 10.2 Å². The summed E-state index contributed by atoms with van der Waals surface area (Å²) in [4.78, 5) is 13.3. The van der Waals surface area contributed by atoms with Crippen LogP contribution in [-0.2, 0) is 22.7 Å². The molecule has 1 aromatic heterocycles. The van der Waals surface area contributed by atoms with Crippen LogP contribution in [0.2, 0.25) is 0 Å². The van der Waals surface area contributed by atoms with E-state index in [1.807, 2.05) is 61.5 Å². The Kier molecular flexibility index (Phi) is 6.65. The van der Waals surface area contributed by atoms with Crippen molar-refractivity contribution in [3.05, 3.63) is 65.7 Å². The molecule has 7 nitrogen and oxygen atoms in total. The standard InChI is InChI=1S/C20H23N5O2/c1-16-8-10-18(11-9-16)20-22-24-25(23-20)14-19(26)21-12-5-13-27-15-17-6-3-2-4-7-17/h2-4,6-11H,5,12-15H2,1H3,(H,21,26). The van der Waals surface area contributed by atoms with Crippen molar-refractivity contribution in [2.75, 3.05) is 13.2 Å². The van der Waals surface area contributed by atoms with Gasteiger partial charge in [0.05, 0.1) is 6.61 Å². The van der Waals surface area contributed by atoms with E-state index in [1.165, 1.54) is 10.4 Å². The van der Waals surface area contributed by atoms with Crippen LogP contribution in [0.25, 0.3) is 11.4 Å². The van der Waals surface area contributed by atoms with Gasteiger partial charge in [0.25, 0.3) is 0 Å². The molecule has 0 aliphatic rings. The van der Waals surface area contributed by atoms with Crippen molar-refractivity contribution in [1.29, 1.82) is 0 Å². The zero-order valence-electron chi connectivity index (χ0n) is 15.3. The number of aryl methyl sites for hydroxylation is 1. The summed E-state index contributed by atoms with van der Waals surface area (Å²) in [5, 5.41) is 15.0. The largest absolute Gasteiger partial charge is 0.377 e. The molecule has 1 N–H and O–H groups in total. The van der Waals surface area contributed by atoms with Gasteiger partial charge in [0.15, 0.2) is 0 Å². The fourth-order valence-electron chi connectivity index (χ4n) is 2.48. The molecule has 3 aromatic rings. The molecule has 2 aromatic carbocycles. The van der Waals surface area contributed by atoms with Crippen LogP contribution in [0.5, 0.6) is 0 Å². The van der Waals surface area contributed by atoms with Crippen molar-refractivity contribution in [1.82, 2.24) is 25.5 Å². The molecule has 27 heavy (non-hydrogen) atoms. The molecule has 1 heterocycles. The highest BCUT2D eigenvalue weighted by Crippen LogP contribution is 2.13. The fourth-order valence-corrected chi connectivity index (χ4v) is 2.48. The Hall–Kier alpha value is -3.06. The van der Waals surface area contributed by atoms with Gasteiger partial charge in [-0.2, -0.15) is 4.80 Å². The predicted molar refractivity (Wildman–Crippen MR) is 102 cm³/mol. The Morgan fingerprint density at radius 3 is 2.67 bits per heavy atom. The van der Waals surface area contributed by atoms with Crippen LogP contribution in [0.1, 0.15) is 17.5 Å². The Morgan fingerprint density at radius 1 is 1.11 bits per heavy atom. The number of nitrogens with one attached hydrogen (secondary N) is 1. The highest BCUT2D eigenvalue weighted by molar-refractivity contribution is 5.75.